The summed E-state index contributed by atoms with van der Waals surface area (Å²) in [5.74, 6) is 7.43. The first-order valence-corrected chi connectivity index (χ1v) is 8.08. The number of hydrogen-bond donors (Lipinski definition) is 2. The Labute approximate surface area is 118 Å². The summed E-state index contributed by atoms with van der Waals surface area (Å²) < 4.78 is 6.00. The van der Waals surface area contributed by atoms with Gasteiger partial charge in [-0.15, -0.1) is 0 Å². The molecule has 0 aromatic carbocycles. The summed E-state index contributed by atoms with van der Waals surface area (Å²) in [6, 6.07) is 0.323. The topological polar surface area (TPSA) is 50.5 Å². The molecule has 1 saturated carbocycles. The lowest BCUT2D eigenvalue weighted by Gasteiger charge is -2.41. The number of morpholine rings is 1. The number of ether oxygens (including phenoxy) is 1. The average Bonchev–Trinajstić information content (AvgIpc) is 2.48. The molecule has 1 saturated heterocycles. The van der Waals surface area contributed by atoms with E-state index in [2.05, 4.69) is 24.2 Å². The van der Waals surface area contributed by atoms with Gasteiger partial charge in [0.1, 0.15) is 0 Å². The fourth-order valence-corrected chi connectivity index (χ4v) is 3.81. The number of likely N-dealkylation sites (N-methyl/N-ethyl adjacent to an activating group) is 1. The monoisotopic (exact) mass is 269 g/mol. The predicted octanol–water partition coefficient (Wildman–Crippen LogP) is 1.76. The minimum atomic E-state index is 0.263. The molecule has 4 heteroatoms. The van der Waals surface area contributed by atoms with Crippen LogP contribution in [-0.4, -0.2) is 43.3 Å². The van der Waals surface area contributed by atoms with Gasteiger partial charge in [-0.05, 0) is 31.2 Å². The van der Waals surface area contributed by atoms with E-state index in [1.165, 1.54) is 32.1 Å². The van der Waals surface area contributed by atoms with Crippen molar-refractivity contribution in [1.82, 2.24) is 10.3 Å². The average molecular weight is 269 g/mol. The molecule has 2 fully saturated rings. The maximum atomic E-state index is 6.00. The standard InChI is InChI=1S/C15H31N3O/c1-3-12-6-5-7-13(10-12)15(17-16)14-11-18(4-2)8-9-19-14/h12-15,17H,3-11,16H2,1-2H3. The molecular formula is C15H31N3O. The fraction of sp³-hybridized carbons (Fsp3) is 1.00. The van der Waals surface area contributed by atoms with Gasteiger partial charge in [-0.3, -0.25) is 16.2 Å². The first-order chi connectivity index (χ1) is 9.28. The first-order valence-electron chi connectivity index (χ1n) is 8.08. The Balaban J connectivity index is 1.94. The van der Waals surface area contributed by atoms with Gasteiger partial charge in [0, 0.05) is 13.1 Å². The molecule has 3 N–H and O–H groups in total. The third kappa shape index (κ3) is 3.91. The van der Waals surface area contributed by atoms with Crippen molar-refractivity contribution >= 4 is 0 Å². The highest BCUT2D eigenvalue weighted by molar-refractivity contribution is 4.89. The van der Waals surface area contributed by atoms with Crippen LogP contribution in [0.25, 0.3) is 0 Å². The number of hydrazine groups is 1. The molecule has 1 aliphatic heterocycles. The maximum absolute atomic E-state index is 6.00. The molecule has 0 aromatic rings. The van der Waals surface area contributed by atoms with Crippen LogP contribution in [0, 0.1) is 11.8 Å². The summed E-state index contributed by atoms with van der Waals surface area (Å²) in [5, 5.41) is 0. The Morgan fingerprint density at radius 2 is 2.21 bits per heavy atom. The van der Waals surface area contributed by atoms with Crippen molar-refractivity contribution in [2.24, 2.45) is 17.7 Å². The lowest BCUT2D eigenvalue weighted by atomic mass is 9.75. The van der Waals surface area contributed by atoms with Crippen LogP contribution in [0.2, 0.25) is 0 Å². The van der Waals surface area contributed by atoms with E-state index in [1.54, 1.807) is 0 Å². The lowest BCUT2D eigenvalue weighted by Crippen LogP contribution is -2.57. The van der Waals surface area contributed by atoms with Crippen molar-refractivity contribution in [3.05, 3.63) is 0 Å². The van der Waals surface area contributed by atoms with Crippen LogP contribution in [0.4, 0.5) is 0 Å². The number of nitrogens with two attached hydrogens (primary N) is 1. The van der Waals surface area contributed by atoms with Crippen molar-refractivity contribution in [1.29, 1.82) is 0 Å². The van der Waals surface area contributed by atoms with Gasteiger partial charge in [0.2, 0.25) is 0 Å². The minimum absolute atomic E-state index is 0.263. The summed E-state index contributed by atoms with van der Waals surface area (Å²) in [7, 11) is 0. The predicted molar refractivity (Wildman–Crippen MR) is 78.7 cm³/mol. The quantitative estimate of drug-likeness (QED) is 0.590. The van der Waals surface area contributed by atoms with Gasteiger partial charge in [0.15, 0.2) is 0 Å². The van der Waals surface area contributed by atoms with E-state index in [9.17, 15) is 0 Å². The van der Waals surface area contributed by atoms with Crippen LogP contribution in [0.15, 0.2) is 0 Å². The van der Waals surface area contributed by atoms with Gasteiger partial charge in [0.05, 0.1) is 18.8 Å². The molecule has 1 aliphatic carbocycles. The summed E-state index contributed by atoms with van der Waals surface area (Å²) in [4.78, 5) is 2.47. The smallest absolute Gasteiger partial charge is 0.0871 e. The Morgan fingerprint density at radius 3 is 2.89 bits per heavy atom. The molecule has 2 aliphatic rings. The second kappa shape index (κ2) is 7.58. The van der Waals surface area contributed by atoms with Crippen LogP contribution < -0.4 is 11.3 Å². The van der Waals surface area contributed by atoms with E-state index in [0.29, 0.717) is 12.0 Å². The van der Waals surface area contributed by atoms with Crippen molar-refractivity contribution in [3.63, 3.8) is 0 Å². The van der Waals surface area contributed by atoms with Crippen molar-refractivity contribution < 1.29 is 4.74 Å². The van der Waals surface area contributed by atoms with Gasteiger partial charge < -0.3 is 4.74 Å². The molecule has 4 unspecified atom stereocenters. The van der Waals surface area contributed by atoms with Gasteiger partial charge in [-0.1, -0.05) is 33.1 Å². The Hall–Kier alpha value is -0.160. The third-order valence-electron chi connectivity index (χ3n) is 5.13. The second-order valence-corrected chi connectivity index (χ2v) is 6.20. The Morgan fingerprint density at radius 1 is 1.37 bits per heavy atom. The van der Waals surface area contributed by atoms with E-state index in [0.717, 1.165) is 32.2 Å². The molecule has 0 bridgehead atoms. The number of hydrogen-bond acceptors (Lipinski definition) is 4. The summed E-state index contributed by atoms with van der Waals surface area (Å²) >= 11 is 0. The van der Waals surface area contributed by atoms with Crippen LogP contribution in [0.3, 0.4) is 0 Å². The molecule has 1 heterocycles. The molecular weight excluding hydrogens is 238 g/mol. The molecule has 4 atom stereocenters. The lowest BCUT2D eigenvalue weighted by molar-refractivity contribution is -0.0599. The van der Waals surface area contributed by atoms with Gasteiger partial charge >= 0.3 is 0 Å². The van der Waals surface area contributed by atoms with E-state index < -0.39 is 0 Å². The minimum Gasteiger partial charge on any atom is -0.374 e. The zero-order chi connectivity index (χ0) is 13.7. The normalized spacial score (nSPS) is 35.2. The summed E-state index contributed by atoms with van der Waals surface area (Å²) in [6.07, 6.45) is 6.94. The van der Waals surface area contributed by atoms with E-state index in [1.807, 2.05) is 0 Å². The van der Waals surface area contributed by atoms with Crippen LogP contribution in [0.5, 0.6) is 0 Å². The van der Waals surface area contributed by atoms with Gasteiger partial charge in [-0.25, -0.2) is 0 Å². The summed E-state index contributed by atoms with van der Waals surface area (Å²) in [6.45, 7) is 8.58. The molecule has 0 aromatic heterocycles. The molecule has 0 amide bonds. The second-order valence-electron chi connectivity index (χ2n) is 6.20. The van der Waals surface area contributed by atoms with Crippen molar-refractivity contribution in [2.45, 2.75) is 58.1 Å². The zero-order valence-electron chi connectivity index (χ0n) is 12.6. The van der Waals surface area contributed by atoms with Crippen molar-refractivity contribution in [3.8, 4) is 0 Å². The Kier molecular flexibility index (Phi) is 6.07. The van der Waals surface area contributed by atoms with E-state index in [4.69, 9.17) is 10.6 Å². The zero-order valence-corrected chi connectivity index (χ0v) is 12.6. The Bertz CT molecular complexity index is 238. The molecule has 112 valence electrons. The largest absolute Gasteiger partial charge is 0.374 e. The van der Waals surface area contributed by atoms with E-state index >= 15 is 0 Å². The number of nitrogens with zero attached hydrogens (tertiary/aromatic N) is 1. The first kappa shape index (κ1) is 15.2. The van der Waals surface area contributed by atoms with Crippen LogP contribution in [-0.2, 0) is 4.74 Å². The number of nitrogens with one attached hydrogen (secondary N) is 1. The van der Waals surface area contributed by atoms with Crippen molar-refractivity contribution in [2.75, 3.05) is 26.2 Å². The van der Waals surface area contributed by atoms with Crippen LogP contribution >= 0.6 is 0 Å². The highest BCUT2D eigenvalue weighted by Gasteiger charge is 2.35. The summed E-state index contributed by atoms with van der Waals surface area (Å²) in [5.41, 5.74) is 3.08. The third-order valence-corrected chi connectivity index (χ3v) is 5.13. The molecule has 0 radical (unpaired) electrons. The molecule has 2 rings (SSSR count). The highest BCUT2D eigenvalue weighted by Crippen LogP contribution is 2.34. The molecule has 4 nitrogen and oxygen atoms in total. The molecule has 0 spiro atoms. The SMILES string of the molecule is CCC1CCCC(C(NN)C2CN(CC)CCO2)C1. The molecule has 19 heavy (non-hydrogen) atoms. The van der Waals surface area contributed by atoms with Gasteiger partial charge in [0.25, 0.3) is 0 Å². The fourth-order valence-electron chi connectivity index (χ4n) is 3.81. The maximum Gasteiger partial charge on any atom is 0.0871 e. The highest BCUT2D eigenvalue weighted by atomic mass is 16.5. The number of rotatable bonds is 5. The van der Waals surface area contributed by atoms with E-state index in [-0.39, 0.29) is 6.10 Å². The van der Waals surface area contributed by atoms with Gasteiger partial charge in [-0.2, -0.15) is 0 Å². The van der Waals surface area contributed by atoms with Crippen LogP contribution in [0.1, 0.15) is 46.0 Å².